The van der Waals surface area contributed by atoms with E-state index in [2.05, 4.69) is 69.9 Å². The molecule has 1 atom stereocenters. The summed E-state index contributed by atoms with van der Waals surface area (Å²) in [6, 6.07) is 10.9. The number of ether oxygens (including phenoxy) is 1. The molecule has 32 heavy (non-hydrogen) atoms. The Morgan fingerprint density at radius 2 is 1.84 bits per heavy atom. The molecule has 180 valence electrons. The highest BCUT2D eigenvalue weighted by Crippen LogP contribution is 2.19. The summed E-state index contributed by atoms with van der Waals surface area (Å²) in [5.74, 6) is 2.51. The average Bonchev–Trinajstić information content (AvgIpc) is 3.12. The van der Waals surface area contributed by atoms with Crippen molar-refractivity contribution in [2.45, 2.75) is 46.7 Å². The molecule has 0 radical (unpaired) electrons. The Morgan fingerprint density at radius 3 is 2.44 bits per heavy atom. The molecule has 1 unspecified atom stereocenters. The fraction of sp³-hybridized carbons (Fsp3) is 0.609. The monoisotopic (exact) mass is 557 g/mol. The Kier molecular flexibility index (Phi) is 14.1. The Labute approximate surface area is 210 Å². The first-order valence-electron chi connectivity index (χ1n) is 11.3. The minimum absolute atomic E-state index is 0. The molecule has 0 aliphatic rings. The summed E-state index contributed by atoms with van der Waals surface area (Å²) >= 11 is 0. The predicted octanol–water partition coefficient (Wildman–Crippen LogP) is 3.29. The molecular weight excluding hydrogens is 517 g/mol. The van der Waals surface area contributed by atoms with Crippen LogP contribution in [0.5, 0.6) is 0 Å². The number of aromatic nitrogens is 3. The van der Waals surface area contributed by atoms with Crippen molar-refractivity contribution in [2.24, 2.45) is 12.0 Å². The maximum absolute atomic E-state index is 5.45. The van der Waals surface area contributed by atoms with E-state index in [0.717, 1.165) is 63.4 Å². The van der Waals surface area contributed by atoms with Gasteiger partial charge in [0.2, 0.25) is 0 Å². The van der Waals surface area contributed by atoms with E-state index >= 15 is 0 Å². The summed E-state index contributed by atoms with van der Waals surface area (Å²) in [7, 11) is 1.97. The first-order chi connectivity index (χ1) is 15.1. The molecule has 2 N–H and O–H groups in total. The highest BCUT2D eigenvalue weighted by Gasteiger charge is 2.18. The summed E-state index contributed by atoms with van der Waals surface area (Å²) in [5, 5.41) is 15.4. The lowest BCUT2D eigenvalue weighted by atomic mass is 10.1. The second-order valence-corrected chi connectivity index (χ2v) is 7.39. The van der Waals surface area contributed by atoms with E-state index in [9.17, 15) is 0 Å². The van der Waals surface area contributed by atoms with E-state index in [-0.39, 0.29) is 30.0 Å². The number of guanidine groups is 1. The molecule has 0 bridgehead atoms. The van der Waals surface area contributed by atoms with Gasteiger partial charge in [-0.3, -0.25) is 4.90 Å². The van der Waals surface area contributed by atoms with Crippen molar-refractivity contribution >= 4 is 29.9 Å². The number of rotatable bonds is 13. The molecule has 0 aliphatic carbocycles. The third kappa shape index (κ3) is 9.03. The van der Waals surface area contributed by atoms with E-state index < -0.39 is 0 Å². The number of aryl methyl sites for hydroxylation is 1. The zero-order chi connectivity index (χ0) is 22.5. The summed E-state index contributed by atoms with van der Waals surface area (Å²) < 4.78 is 7.42. The van der Waals surface area contributed by atoms with Crippen LogP contribution < -0.4 is 10.6 Å². The maximum Gasteiger partial charge on any atom is 0.191 e. The maximum atomic E-state index is 5.45. The number of hydrogen-bond donors (Lipinski definition) is 2. The molecule has 8 nitrogen and oxygen atoms in total. The zero-order valence-corrected chi connectivity index (χ0v) is 22.5. The van der Waals surface area contributed by atoms with Crippen LogP contribution in [0.1, 0.15) is 50.4 Å². The van der Waals surface area contributed by atoms with Gasteiger partial charge in [-0.25, -0.2) is 4.99 Å². The molecule has 2 aromatic rings. The highest BCUT2D eigenvalue weighted by atomic mass is 127. The van der Waals surface area contributed by atoms with Crippen LogP contribution in [0.15, 0.2) is 35.3 Å². The van der Waals surface area contributed by atoms with Gasteiger partial charge in [0.15, 0.2) is 11.8 Å². The topological polar surface area (TPSA) is 79.6 Å². The molecular formula is C23H40IN7O. The van der Waals surface area contributed by atoms with Gasteiger partial charge in [0.05, 0.1) is 6.04 Å². The van der Waals surface area contributed by atoms with Crippen LogP contribution in [-0.4, -0.2) is 65.0 Å². The second kappa shape index (κ2) is 16.0. The van der Waals surface area contributed by atoms with Crippen molar-refractivity contribution in [3.8, 4) is 0 Å². The fourth-order valence-electron chi connectivity index (χ4n) is 3.43. The SMILES string of the molecule is CCOCCCNC(=NCc1nnc(C)n1C)NCC(c1ccccc1)N(CC)CC.I. The number of aliphatic imine (C=N–C) groups is 1. The predicted molar refractivity (Wildman–Crippen MR) is 142 cm³/mol. The smallest absolute Gasteiger partial charge is 0.191 e. The molecule has 1 heterocycles. The Hall–Kier alpha value is -1.72. The lowest BCUT2D eigenvalue weighted by Gasteiger charge is -2.31. The lowest BCUT2D eigenvalue weighted by Crippen LogP contribution is -2.43. The first-order valence-corrected chi connectivity index (χ1v) is 11.3. The van der Waals surface area contributed by atoms with E-state index in [1.54, 1.807) is 0 Å². The van der Waals surface area contributed by atoms with Gasteiger partial charge in [-0.15, -0.1) is 34.2 Å². The van der Waals surface area contributed by atoms with E-state index in [4.69, 9.17) is 9.73 Å². The van der Waals surface area contributed by atoms with Gasteiger partial charge in [0.1, 0.15) is 12.4 Å². The molecule has 0 saturated heterocycles. The van der Waals surface area contributed by atoms with Gasteiger partial charge in [-0.05, 0) is 38.9 Å². The molecule has 0 fully saturated rings. The molecule has 1 aromatic heterocycles. The van der Waals surface area contributed by atoms with Crippen molar-refractivity contribution in [3.05, 3.63) is 47.5 Å². The summed E-state index contributed by atoms with van der Waals surface area (Å²) in [6.45, 7) is 13.9. The van der Waals surface area contributed by atoms with E-state index in [1.165, 1.54) is 5.56 Å². The van der Waals surface area contributed by atoms with Crippen LogP contribution >= 0.6 is 24.0 Å². The Bertz CT molecular complexity index is 778. The number of likely N-dealkylation sites (N-methyl/N-ethyl adjacent to an activating group) is 1. The quantitative estimate of drug-likeness (QED) is 0.170. The highest BCUT2D eigenvalue weighted by molar-refractivity contribution is 14.0. The van der Waals surface area contributed by atoms with Gasteiger partial charge in [-0.1, -0.05) is 44.2 Å². The van der Waals surface area contributed by atoms with Crippen LogP contribution in [0.3, 0.4) is 0 Å². The number of nitrogens with zero attached hydrogens (tertiary/aromatic N) is 5. The van der Waals surface area contributed by atoms with Gasteiger partial charge in [0.25, 0.3) is 0 Å². The number of halogens is 1. The van der Waals surface area contributed by atoms with Crippen LogP contribution in [-0.2, 0) is 18.3 Å². The van der Waals surface area contributed by atoms with Crippen molar-refractivity contribution < 1.29 is 4.74 Å². The van der Waals surface area contributed by atoms with Crippen LogP contribution in [0.4, 0.5) is 0 Å². The lowest BCUT2D eigenvalue weighted by molar-refractivity contribution is 0.145. The molecule has 2 rings (SSSR count). The van der Waals surface area contributed by atoms with Gasteiger partial charge in [-0.2, -0.15) is 0 Å². The molecule has 0 aliphatic heterocycles. The molecule has 0 saturated carbocycles. The minimum atomic E-state index is 0. The number of nitrogens with one attached hydrogen (secondary N) is 2. The van der Waals surface area contributed by atoms with E-state index in [0.29, 0.717) is 6.54 Å². The van der Waals surface area contributed by atoms with E-state index in [1.807, 2.05) is 25.5 Å². The Balaban J connectivity index is 0.00000512. The summed E-state index contributed by atoms with van der Waals surface area (Å²) in [4.78, 5) is 7.23. The van der Waals surface area contributed by atoms with Crippen molar-refractivity contribution in [1.29, 1.82) is 0 Å². The molecule has 0 spiro atoms. The largest absolute Gasteiger partial charge is 0.382 e. The average molecular weight is 558 g/mol. The zero-order valence-electron chi connectivity index (χ0n) is 20.2. The normalized spacial score (nSPS) is 12.5. The third-order valence-corrected chi connectivity index (χ3v) is 5.42. The first kappa shape index (κ1) is 28.3. The number of benzene rings is 1. The van der Waals surface area contributed by atoms with Crippen LogP contribution in [0, 0.1) is 6.92 Å². The molecule has 9 heteroatoms. The second-order valence-electron chi connectivity index (χ2n) is 7.39. The minimum Gasteiger partial charge on any atom is -0.382 e. The fourth-order valence-corrected chi connectivity index (χ4v) is 3.43. The standard InChI is InChI=1S/C23H39N7O.HI/c1-6-30(7-2)21(20-13-10-9-11-14-20)17-25-23(24-15-12-16-31-8-3)26-18-22-28-27-19(4)29(22)5;/h9-11,13-14,21H,6-8,12,15-18H2,1-5H3,(H2,24,25,26);1H. The summed E-state index contributed by atoms with van der Waals surface area (Å²) in [6.07, 6.45) is 0.926. The summed E-state index contributed by atoms with van der Waals surface area (Å²) in [5.41, 5.74) is 1.30. The van der Waals surface area contributed by atoms with Crippen molar-refractivity contribution in [3.63, 3.8) is 0 Å². The van der Waals surface area contributed by atoms with Crippen LogP contribution in [0.25, 0.3) is 0 Å². The van der Waals surface area contributed by atoms with Gasteiger partial charge < -0.3 is 19.9 Å². The Morgan fingerprint density at radius 1 is 1.12 bits per heavy atom. The number of hydrogen-bond acceptors (Lipinski definition) is 5. The van der Waals surface area contributed by atoms with Crippen molar-refractivity contribution in [1.82, 2.24) is 30.3 Å². The van der Waals surface area contributed by atoms with Crippen molar-refractivity contribution in [2.75, 3.05) is 39.4 Å². The van der Waals surface area contributed by atoms with Crippen LogP contribution in [0.2, 0.25) is 0 Å². The molecule has 0 amide bonds. The molecule has 1 aromatic carbocycles. The van der Waals surface area contributed by atoms with Gasteiger partial charge >= 0.3 is 0 Å². The third-order valence-electron chi connectivity index (χ3n) is 5.42. The van der Waals surface area contributed by atoms with Gasteiger partial charge in [0, 0.05) is 33.4 Å².